The molecule has 0 radical (unpaired) electrons. The summed E-state index contributed by atoms with van der Waals surface area (Å²) in [7, 11) is 0. The van der Waals surface area contributed by atoms with Gasteiger partial charge in [-0.25, -0.2) is 4.68 Å². The van der Waals surface area contributed by atoms with E-state index in [9.17, 15) is 4.79 Å². The second kappa shape index (κ2) is 5.67. The maximum atomic E-state index is 13.1. The number of nitrogens with zero attached hydrogens (tertiary/aromatic N) is 4. The van der Waals surface area contributed by atoms with Crippen molar-refractivity contribution in [3.8, 4) is 0 Å². The average Bonchev–Trinajstić information content (AvgIpc) is 3.26. The van der Waals surface area contributed by atoms with Gasteiger partial charge in [-0.2, -0.15) is 0 Å². The first-order valence-electron chi connectivity index (χ1n) is 8.91. The van der Waals surface area contributed by atoms with Crippen molar-refractivity contribution in [2.24, 2.45) is 0 Å². The quantitative estimate of drug-likeness (QED) is 0.673. The summed E-state index contributed by atoms with van der Waals surface area (Å²) < 4.78 is 13.8. The van der Waals surface area contributed by atoms with Crippen LogP contribution in [0.4, 0.5) is 0 Å². The number of ether oxygens (including phenoxy) is 1. The molecule has 1 amide bonds. The lowest BCUT2D eigenvalue weighted by Gasteiger charge is -2.40. The summed E-state index contributed by atoms with van der Waals surface area (Å²) in [6.07, 6.45) is 2.48. The Morgan fingerprint density at radius 1 is 1.31 bits per heavy atom. The molecule has 26 heavy (non-hydrogen) atoms. The van der Waals surface area contributed by atoms with E-state index in [1.165, 1.54) is 0 Å². The van der Waals surface area contributed by atoms with Crippen LogP contribution in [0.2, 0.25) is 0 Å². The van der Waals surface area contributed by atoms with Crippen LogP contribution in [0, 0.1) is 13.8 Å². The van der Waals surface area contributed by atoms with Crippen LogP contribution in [0.1, 0.15) is 39.8 Å². The molecule has 5 rings (SSSR count). The Bertz CT molecular complexity index is 1010. The number of aromatic nitrogens is 3. The van der Waals surface area contributed by atoms with Crippen LogP contribution in [0.5, 0.6) is 0 Å². The van der Waals surface area contributed by atoms with Crippen LogP contribution >= 0.6 is 0 Å². The summed E-state index contributed by atoms with van der Waals surface area (Å²) in [5.41, 5.74) is 3.81. The number of carbonyl (C=O) groups excluding carboxylic acids is 1. The Hall–Kier alpha value is -2.67. The van der Waals surface area contributed by atoms with Gasteiger partial charge in [0.1, 0.15) is 5.58 Å². The van der Waals surface area contributed by atoms with Crippen molar-refractivity contribution in [2.45, 2.75) is 39.0 Å². The molecule has 1 saturated heterocycles. The molecule has 0 N–H and O–H groups in total. The zero-order valence-corrected chi connectivity index (χ0v) is 14.8. The predicted octanol–water partition coefficient (Wildman–Crippen LogP) is 2.63. The number of carbonyl (C=O) groups is 1. The number of hydrogen-bond acceptors (Lipinski definition) is 5. The third-order valence-corrected chi connectivity index (χ3v) is 5.51. The summed E-state index contributed by atoms with van der Waals surface area (Å²) in [5, 5.41) is 9.17. The van der Waals surface area contributed by atoms with Crippen molar-refractivity contribution in [1.29, 1.82) is 0 Å². The number of piperidine rings is 1. The van der Waals surface area contributed by atoms with Crippen LogP contribution < -0.4 is 0 Å². The molecule has 0 bridgehead atoms. The molecule has 4 heterocycles. The number of rotatable bonds is 1. The van der Waals surface area contributed by atoms with Crippen LogP contribution in [0.3, 0.4) is 0 Å². The Kier molecular flexibility index (Phi) is 3.40. The number of likely N-dealkylation sites (tertiary alicyclic amines) is 1. The molecule has 3 aromatic rings. The van der Waals surface area contributed by atoms with Gasteiger partial charge < -0.3 is 14.1 Å². The maximum Gasteiger partial charge on any atom is 0.289 e. The Morgan fingerprint density at radius 2 is 2.19 bits per heavy atom. The predicted molar refractivity (Wildman–Crippen MR) is 93.8 cm³/mol. The second-order valence-corrected chi connectivity index (χ2v) is 7.18. The van der Waals surface area contributed by atoms with Crippen LogP contribution in [-0.4, -0.2) is 45.0 Å². The van der Waals surface area contributed by atoms with E-state index in [1.807, 2.05) is 35.6 Å². The molecule has 2 aliphatic rings. The fraction of sp³-hybridized carbons (Fsp3) is 0.421. The molecule has 0 spiro atoms. The minimum Gasteiger partial charge on any atom is -0.451 e. The lowest BCUT2D eigenvalue weighted by molar-refractivity contribution is -0.0631. The lowest BCUT2D eigenvalue weighted by atomic mass is 9.99. The topological polar surface area (TPSA) is 73.4 Å². The van der Waals surface area contributed by atoms with E-state index in [4.69, 9.17) is 9.15 Å². The summed E-state index contributed by atoms with van der Waals surface area (Å²) in [6, 6.07) is 6.13. The smallest absolute Gasteiger partial charge is 0.289 e. The summed E-state index contributed by atoms with van der Waals surface area (Å²) in [6.45, 7) is 5.66. The van der Waals surface area contributed by atoms with Gasteiger partial charge in [0, 0.05) is 24.0 Å². The number of hydrogen-bond donors (Lipinski definition) is 0. The highest BCUT2D eigenvalue weighted by Crippen LogP contribution is 2.32. The standard InChI is InChI=1S/C19H20N4O3/c1-11-3-4-16-14(7-11)12(2)18(26-16)19(24)22-6-5-15-17(9-22)25-10-13-8-20-21-23(13)15/h3-4,7-8,15,17H,5-6,9-10H2,1-2H3/t15-,17-/m0/s1. The van der Waals surface area contributed by atoms with Gasteiger partial charge in [-0.15, -0.1) is 5.10 Å². The number of aryl methyl sites for hydroxylation is 2. The first kappa shape index (κ1) is 15.6. The molecule has 2 atom stereocenters. The van der Waals surface area contributed by atoms with Gasteiger partial charge in [0.15, 0.2) is 5.76 Å². The zero-order valence-electron chi connectivity index (χ0n) is 14.8. The molecule has 2 aliphatic heterocycles. The van der Waals surface area contributed by atoms with E-state index in [1.54, 1.807) is 6.20 Å². The van der Waals surface area contributed by atoms with E-state index in [0.29, 0.717) is 25.5 Å². The lowest BCUT2D eigenvalue weighted by Crippen LogP contribution is -2.50. The Labute approximate surface area is 150 Å². The monoisotopic (exact) mass is 352 g/mol. The van der Waals surface area contributed by atoms with Crippen molar-refractivity contribution < 1.29 is 13.9 Å². The van der Waals surface area contributed by atoms with Gasteiger partial charge >= 0.3 is 0 Å². The van der Waals surface area contributed by atoms with Gasteiger partial charge in [0.25, 0.3) is 5.91 Å². The van der Waals surface area contributed by atoms with E-state index in [2.05, 4.69) is 16.4 Å². The Morgan fingerprint density at radius 3 is 3.08 bits per heavy atom. The molecule has 1 aromatic carbocycles. The first-order chi connectivity index (χ1) is 12.6. The number of furan rings is 1. The molecule has 1 fully saturated rings. The van der Waals surface area contributed by atoms with E-state index in [-0.39, 0.29) is 18.1 Å². The fourth-order valence-corrected chi connectivity index (χ4v) is 4.05. The molecule has 2 aromatic heterocycles. The van der Waals surface area contributed by atoms with Crippen molar-refractivity contribution in [3.05, 3.63) is 47.0 Å². The van der Waals surface area contributed by atoms with Crippen LogP contribution in [-0.2, 0) is 11.3 Å². The third kappa shape index (κ3) is 2.27. The highest BCUT2D eigenvalue weighted by molar-refractivity contribution is 5.99. The number of benzene rings is 1. The summed E-state index contributed by atoms with van der Waals surface area (Å²) in [4.78, 5) is 14.9. The minimum atomic E-state index is -0.0669. The van der Waals surface area contributed by atoms with E-state index in [0.717, 1.165) is 34.2 Å². The van der Waals surface area contributed by atoms with Gasteiger partial charge in [0.05, 0.1) is 30.6 Å². The molecule has 7 heteroatoms. The minimum absolute atomic E-state index is 0.0613. The van der Waals surface area contributed by atoms with Gasteiger partial charge in [0.2, 0.25) is 0 Å². The molecule has 7 nitrogen and oxygen atoms in total. The zero-order chi connectivity index (χ0) is 17.8. The van der Waals surface area contributed by atoms with Gasteiger partial charge in [-0.1, -0.05) is 16.8 Å². The molecule has 134 valence electrons. The molecule has 0 saturated carbocycles. The van der Waals surface area contributed by atoms with Gasteiger partial charge in [-0.05, 0) is 32.4 Å². The van der Waals surface area contributed by atoms with Crippen molar-refractivity contribution in [2.75, 3.05) is 13.1 Å². The number of fused-ring (bicyclic) bond motifs is 4. The third-order valence-electron chi connectivity index (χ3n) is 5.51. The second-order valence-electron chi connectivity index (χ2n) is 7.18. The van der Waals surface area contributed by atoms with Crippen LogP contribution in [0.25, 0.3) is 11.0 Å². The SMILES string of the molecule is Cc1ccc2oc(C(=O)N3CC[C@H]4[C@H](C3)OCc3cnnn34)c(C)c2c1. The summed E-state index contributed by atoms with van der Waals surface area (Å²) >= 11 is 0. The first-order valence-corrected chi connectivity index (χ1v) is 8.91. The normalized spacial score (nSPS) is 22.3. The van der Waals surface area contributed by atoms with E-state index < -0.39 is 0 Å². The number of amides is 1. The summed E-state index contributed by atoms with van der Waals surface area (Å²) in [5.74, 6) is 0.365. The van der Waals surface area contributed by atoms with Gasteiger partial charge in [-0.3, -0.25) is 4.79 Å². The van der Waals surface area contributed by atoms with E-state index >= 15 is 0 Å². The highest BCUT2D eigenvalue weighted by atomic mass is 16.5. The largest absolute Gasteiger partial charge is 0.451 e. The Balaban J connectivity index is 1.42. The van der Waals surface area contributed by atoms with Crippen LogP contribution in [0.15, 0.2) is 28.8 Å². The average molecular weight is 352 g/mol. The van der Waals surface area contributed by atoms with Crippen molar-refractivity contribution in [3.63, 3.8) is 0 Å². The molecule has 0 unspecified atom stereocenters. The van der Waals surface area contributed by atoms with Crippen molar-refractivity contribution >= 4 is 16.9 Å². The maximum absolute atomic E-state index is 13.1. The molecule has 0 aliphatic carbocycles. The molecular formula is C19H20N4O3. The highest BCUT2D eigenvalue weighted by Gasteiger charge is 2.38. The fourth-order valence-electron chi connectivity index (χ4n) is 4.05. The molecular weight excluding hydrogens is 332 g/mol. The van der Waals surface area contributed by atoms with Crippen molar-refractivity contribution in [1.82, 2.24) is 19.9 Å².